The highest BCUT2D eigenvalue weighted by molar-refractivity contribution is 5.47. The van der Waals surface area contributed by atoms with Gasteiger partial charge in [0.15, 0.2) is 0 Å². The van der Waals surface area contributed by atoms with Crippen LogP contribution in [0.5, 0.6) is 11.5 Å². The molecule has 4 rings (SSSR count). The molecule has 4 aromatic carbocycles. The number of hydrogen-bond acceptors (Lipinski definition) is 4. The Balaban J connectivity index is 0.000000191. The summed E-state index contributed by atoms with van der Waals surface area (Å²) < 4.78 is 0. The van der Waals surface area contributed by atoms with Gasteiger partial charge in [0.05, 0.1) is 0 Å². The highest BCUT2D eigenvalue weighted by atomic mass is 16.3. The molecule has 34 heavy (non-hydrogen) atoms. The maximum absolute atomic E-state index is 9.55. The molecule has 0 aliphatic carbocycles. The molecule has 4 heteroatoms. The van der Waals surface area contributed by atoms with Crippen LogP contribution in [0.3, 0.4) is 0 Å². The van der Waals surface area contributed by atoms with Crippen molar-refractivity contribution in [2.24, 2.45) is 0 Å². The Morgan fingerprint density at radius 3 is 1.26 bits per heavy atom. The summed E-state index contributed by atoms with van der Waals surface area (Å²) in [6.07, 6.45) is 0. The van der Waals surface area contributed by atoms with E-state index in [1.807, 2.05) is 72.8 Å². The zero-order valence-electron chi connectivity index (χ0n) is 20.3. The van der Waals surface area contributed by atoms with Gasteiger partial charge in [-0.2, -0.15) is 0 Å². The van der Waals surface area contributed by atoms with Gasteiger partial charge in [0, 0.05) is 22.2 Å². The van der Waals surface area contributed by atoms with Crippen molar-refractivity contribution in [1.82, 2.24) is 0 Å². The number of benzene rings is 4. The first kappa shape index (κ1) is 24.7. The van der Waals surface area contributed by atoms with E-state index < -0.39 is 0 Å². The van der Waals surface area contributed by atoms with Crippen LogP contribution in [0.2, 0.25) is 0 Å². The third kappa shape index (κ3) is 5.70. The monoisotopic (exact) mass is 454 g/mol. The highest BCUT2D eigenvalue weighted by Gasteiger charge is 2.23. The lowest BCUT2D eigenvalue weighted by molar-refractivity contribution is 0.472. The summed E-state index contributed by atoms with van der Waals surface area (Å²) >= 11 is 0. The maximum atomic E-state index is 9.55. The van der Waals surface area contributed by atoms with E-state index in [0.29, 0.717) is 11.5 Å². The topological polar surface area (TPSA) is 92.5 Å². The van der Waals surface area contributed by atoms with E-state index in [9.17, 15) is 10.2 Å². The van der Waals surface area contributed by atoms with Gasteiger partial charge in [-0.1, -0.05) is 76.2 Å². The fourth-order valence-electron chi connectivity index (χ4n) is 3.91. The van der Waals surface area contributed by atoms with Gasteiger partial charge in [0.1, 0.15) is 11.5 Å². The molecular weight excluding hydrogens is 420 g/mol. The molecular formula is C30H34N2O2. The average molecular weight is 455 g/mol. The third-order valence-corrected chi connectivity index (χ3v) is 6.42. The quantitative estimate of drug-likeness (QED) is 0.261. The third-order valence-electron chi connectivity index (χ3n) is 6.42. The Labute approximate surface area is 202 Å². The average Bonchev–Trinajstić information content (AvgIpc) is 2.80. The van der Waals surface area contributed by atoms with E-state index in [1.165, 1.54) is 16.7 Å². The number of hydrogen-bond donors (Lipinski definition) is 4. The first-order valence-corrected chi connectivity index (χ1v) is 11.3. The van der Waals surface area contributed by atoms with Gasteiger partial charge < -0.3 is 21.7 Å². The van der Waals surface area contributed by atoms with Gasteiger partial charge in [-0.05, 0) is 70.8 Å². The Bertz CT molecular complexity index is 1160. The van der Waals surface area contributed by atoms with Crippen molar-refractivity contribution < 1.29 is 10.2 Å². The summed E-state index contributed by atoms with van der Waals surface area (Å²) in [5.41, 5.74) is 17.3. The normalized spacial score (nSPS) is 11.4. The van der Waals surface area contributed by atoms with Crippen LogP contribution in [0.25, 0.3) is 0 Å². The Kier molecular flexibility index (Phi) is 7.21. The Morgan fingerprint density at radius 1 is 0.471 bits per heavy atom. The van der Waals surface area contributed by atoms with E-state index in [1.54, 1.807) is 24.3 Å². The molecule has 0 fully saturated rings. The van der Waals surface area contributed by atoms with Crippen molar-refractivity contribution in [3.05, 3.63) is 119 Å². The summed E-state index contributed by atoms with van der Waals surface area (Å²) in [5, 5.41) is 18.9. The minimum absolute atomic E-state index is 0.0958. The van der Waals surface area contributed by atoms with Gasteiger partial charge in [-0.3, -0.25) is 0 Å². The minimum atomic E-state index is -0.146. The molecule has 0 heterocycles. The lowest BCUT2D eigenvalue weighted by Crippen LogP contribution is -2.18. The van der Waals surface area contributed by atoms with Crippen LogP contribution in [0.1, 0.15) is 49.9 Å². The molecule has 0 amide bonds. The minimum Gasteiger partial charge on any atom is -0.508 e. The molecule has 0 atom stereocenters. The summed E-state index contributed by atoms with van der Waals surface area (Å²) in [5.74, 6) is 0.591. The van der Waals surface area contributed by atoms with Crippen LogP contribution in [0.4, 0.5) is 11.4 Å². The number of aromatic hydroxyl groups is 2. The van der Waals surface area contributed by atoms with E-state index in [4.69, 9.17) is 11.5 Å². The molecule has 4 aromatic rings. The van der Waals surface area contributed by atoms with Crippen molar-refractivity contribution in [3.63, 3.8) is 0 Å². The van der Waals surface area contributed by atoms with Crippen molar-refractivity contribution in [3.8, 4) is 11.5 Å². The molecule has 0 bridgehead atoms. The van der Waals surface area contributed by atoms with E-state index in [2.05, 4.69) is 27.7 Å². The lowest BCUT2D eigenvalue weighted by atomic mass is 9.78. The van der Waals surface area contributed by atoms with E-state index in [-0.39, 0.29) is 10.8 Å². The van der Waals surface area contributed by atoms with Gasteiger partial charge >= 0.3 is 0 Å². The van der Waals surface area contributed by atoms with Gasteiger partial charge in [-0.15, -0.1) is 0 Å². The first-order valence-electron chi connectivity index (χ1n) is 11.3. The van der Waals surface area contributed by atoms with Crippen LogP contribution in [-0.2, 0) is 10.8 Å². The number of nitrogens with two attached hydrogens (primary N) is 2. The molecule has 0 aromatic heterocycles. The van der Waals surface area contributed by atoms with Crippen LogP contribution >= 0.6 is 0 Å². The zero-order chi connectivity index (χ0) is 24.9. The maximum Gasteiger partial charge on any atom is 0.115 e. The standard InChI is InChI=1S/2C15H17NO/c1-15(2,11-3-7-13(16)8-4-11)12-5-9-14(17)10-6-12;1-15(2,11-6-8-13(16)9-7-11)12-4-3-5-14(17)10-12/h2*3-10,17H,16H2,1-2H3. The molecule has 0 radical (unpaired) electrons. The first-order chi connectivity index (χ1) is 16.0. The number of nitrogen functional groups attached to an aromatic ring is 2. The molecule has 0 unspecified atom stereocenters. The van der Waals surface area contributed by atoms with Crippen LogP contribution in [-0.4, -0.2) is 10.2 Å². The summed E-state index contributed by atoms with van der Waals surface area (Å²) in [7, 11) is 0. The number of rotatable bonds is 4. The molecule has 0 aliphatic rings. The molecule has 0 saturated carbocycles. The van der Waals surface area contributed by atoms with Crippen LogP contribution in [0.15, 0.2) is 97.1 Å². The smallest absolute Gasteiger partial charge is 0.115 e. The van der Waals surface area contributed by atoms with Gasteiger partial charge in [0.2, 0.25) is 0 Å². The van der Waals surface area contributed by atoms with Crippen molar-refractivity contribution in [2.75, 3.05) is 11.5 Å². The SMILES string of the molecule is CC(C)(c1ccc(N)cc1)c1ccc(O)cc1.CC(C)(c1ccc(N)cc1)c1cccc(O)c1. The zero-order valence-corrected chi connectivity index (χ0v) is 20.3. The van der Waals surface area contributed by atoms with E-state index in [0.717, 1.165) is 16.9 Å². The summed E-state index contributed by atoms with van der Waals surface area (Å²) in [4.78, 5) is 0. The molecule has 6 N–H and O–H groups in total. The number of phenols is 2. The Morgan fingerprint density at radius 2 is 0.853 bits per heavy atom. The second kappa shape index (κ2) is 9.92. The molecule has 0 spiro atoms. The molecule has 4 nitrogen and oxygen atoms in total. The van der Waals surface area contributed by atoms with Gasteiger partial charge in [0.25, 0.3) is 0 Å². The summed E-state index contributed by atoms with van der Waals surface area (Å²) in [6, 6.07) is 30.5. The van der Waals surface area contributed by atoms with Crippen molar-refractivity contribution >= 4 is 11.4 Å². The van der Waals surface area contributed by atoms with Crippen LogP contribution in [0, 0.1) is 0 Å². The largest absolute Gasteiger partial charge is 0.508 e. The molecule has 176 valence electrons. The molecule has 0 saturated heterocycles. The second-order valence-corrected chi connectivity index (χ2v) is 9.59. The fourth-order valence-corrected chi connectivity index (χ4v) is 3.91. The van der Waals surface area contributed by atoms with E-state index >= 15 is 0 Å². The van der Waals surface area contributed by atoms with Crippen LogP contribution < -0.4 is 11.5 Å². The highest BCUT2D eigenvalue weighted by Crippen LogP contribution is 2.34. The predicted octanol–water partition coefficient (Wildman–Crippen LogP) is 6.60. The predicted molar refractivity (Wildman–Crippen MR) is 142 cm³/mol. The fraction of sp³-hybridized carbons (Fsp3) is 0.200. The van der Waals surface area contributed by atoms with Gasteiger partial charge in [-0.25, -0.2) is 0 Å². The Hall–Kier alpha value is -3.92. The lowest BCUT2D eigenvalue weighted by Gasteiger charge is -2.26. The summed E-state index contributed by atoms with van der Waals surface area (Å²) in [6.45, 7) is 8.58. The molecule has 0 aliphatic heterocycles. The number of anilines is 2. The second-order valence-electron chi connectivity index (χ2n) is 9.59. The number of phenolic OH excluding ortho intramolecular Hbond substituents is 2. The van der Waals surface area contributed by atoms with Crippen molar-refractivity contribution in [2.45, 2.75) is 38.5 Å². The van der Waals surface area contributed by atoms with Crippen molar-refractivity contribution in [1.29, 1.82) is 0 Å².